The summed E-state index contributed by atoms with van der Waals surface area (Å²) in [6.45, 7) is 2.23. The van der Waals surface area contributed by atoms with E-state index in [1.807, 2.05) is 6.07 Å². The minimum absolute atomic E-state index is 0.0632. The molecule has 1 saturated heterocycles. The van der Waals surface area contributed by atoms with Crippen LogP contribution in [-0.2, 0) is 11.2 Å². The van der Waals surface area contributed by atoms with Crippen molar-refractivity contribution in [1.29, 1.82) is 0 Å². The number of carbonyl (C=O) groups excluding carboxylic acids is 1. The molecule has 0 radical (unpaired) electrons. The van der Waals surface area contributed by atoms with Crippen LogP contribution in [0.15, 0.2) is 24.7 Å². The predicted octanol–water partition coefficient (Wildman–Crippen LogP) is 1.43. The molecule has 0 unspecified atom stereocenters. The quantitative estimate of drug-likeness (QED) is 0.863. The van der Waals surface area contributed by atoms with E-state index in [-0.39, 0.29) is 11.8 Å². The van der Waals surface area contributed by atoms with E-state index in [0.717, 1.165) is 43.9 Å². The topological polar surface area (TPSA) is 86.8 Å². The third-order valence-electron chi connectivity index (χ3n) is 4.06. The minimum Gasteiger partial charge on any atom is -0.355 e. The number of anilines is 1. The number of aromatic nitrogens is 4. The molecule has 7 nitrogen and oxygen atoms in total. The summed E-state index contributed by atoms with van der Waals surface area (Å²) in [5.41, 5.74) is 1.03. The Morgan fingerprint density at radius 1 is 1.35 bits per heavy atom. The summed E-state index contributed by atoms with van der Waals surface area (Å²) in [5.74, 6) is 1.01. The molecule has 0 bridgehead atoms. The Hall–Kier alpha value is -2.15. The maximum absolute atomic E-state index is 12.2. The molecule has 8 heteroatoms. The van der Waals surface area contributed by atoms with E-state index in [9.17, 15) is 4.79 Å². The summed E-state index contributed by atoms with van der Waals surface area (Å²) in [4.78, 5) is 21.3. The van der Waals surface area contributed by atoms with Gasteiger partial charge in [0.15, 0.2) is 11.0 Å². The van der Waals surface area contributed by atoms with E-state index in [1.165, 1.54) is 0 Å². The number of imidazole rings is 1. The number of carbonyl (C=O) groups is 1. The Balaban J connectivity index is 1.43. The molecule has 2 aromatic rings. The van der Waals surface area contributed by atoms with Crippen LogP contribution in [0.3, 0.4) is 0 Å². The Morgan fingerprint density at radius 3 is 2.83 bits per heavy atom. The molecule has 0 atom stereocenters. The molecule has 1 fully saturated rings. The first-order chi connectivity index (χ1) is 11.2. The zero-order chi connectivity index (χ0) is 16.1. The number of piperidine rings is 1. The van der Waals surface area contributed by atoms with Crippen LogP contribution >= 0.6 is 11.6 Å². The van der Waals surface area contributed by atoms with Gasteiger partial charge >= 0.3 is 0 Å². The first-order valence-electron chi connectivity index (χ1n) is 7.71. The molecule has 23 heavy (non-hydrogen) atoms. The van der Waals surface area contributed by atoms with Crippen LogP contribution in [0.1, 0.15) is 18.5 Å². The molecule has 0 aromatic carbocycles. The Labute approximate surface area is 139 Å². The lowest BCUT2D eigenvalue weighted by Crippen LogP contribution is -2.41. The lowest BCUT2D eigenvalue weighted by atomic mass is 9.96. The highest BCUT2D eigenvalue weighted by Crippen LogP contribution is 2.22. The van der Waals surface area contributed by atoms with E-state index in [1.54, 1.807) is 18.6 Å². The molecule has 1 aliphatic heterocycles. The summed E-state index contributed by atoms with van der Waals surface area (Å²) in [6.07, 6.45) is 5.83. The number of hydrogen-bond donors (Lipinski definition) is 2. The monoisotopic (exact) mass is 334 g/mol. The lowest BCUT2D eigenvalue weighted by Gasteiger charge is -2.31. The summed E-state index contributed by atoms with van der Waals surface area (Å²) in [5, 5.41) is 11.3. The summed E-state index contributed by atoms with van der Waals surface area (Å²) in [7, 11) is 0. The third-order valence-corrected chi connectivity index (χ3v) is 4.26. The van der Waals surface area contributed by atoms with Crippen molar-refractivity contribution in [2.45, 2.75) is 19.3 Å². The smallest absolute Gasteiger partial charge is 0.223 e. The van der Waals surface area contributed by atoms with Gasteiger partial charge in [-0.15, -0.1) is 10.2 Å². The van der Waals surface area contributed by atoms with Crippen molar-refractivity contribution in [3.63, 3.8) is 0 Å². The van der Waals surface area contributed by atoms with Crippen LogP contribution in [-0.4, -0.2) is 45.7 Å². The Kier molecular flexibility index (Phi) is 5.07. The van der Waals surface area contributed by atoms with Crippen molar-refractivity contribution >= 4 is 23.3 Å². The molecule has 0 spiro atoms. The number of rotatable bonds is 5. The van der Waals surface area contributed by atoms with Gasteiger partial charge in [0.05, 0.1) is 6.33 Å². The van der Waals surface area contributed by atoms with Crippen molar-refractivity contribution in [3.8, 4) is 0 Å². The molecule has 0 aliphatic carbocycles. The summed E-state index contributed by atoms with van der Waals surface area (Å²) in [6, 6.07) is 3.60. The molecule has 2 N–H and O–H groups in total. The number of amides is 1. The minimum atomic E-state index is 0.0632. The largest absolute Gasteiger partial charge is 0.355 e. The maximum atomic E-state index is 12.2. The van der Waals surface area contributed by atoms with Crippen molar-refractivity contribution in [2.75, 3.05) is 24.5 Å². The van der Waals surface area contributed by atoms with Gasteiger partial charge in [0, 0.05) is 43.9 Å². The number of nitrogens with zero attached hydrogens (tertiary/aromatic N) is 4. The Morgan fingerprint density at radius 2 is 2.17 bits per heavy atom. The van der Waals surface area contributed by atoms with Gasteiger partial charge in [-0.3, -0.25) is 4.79 Å². The van der Waals surface area contributed by atoms with E-state index in [0.29, 0.717) is 11.7 Å². The van der Waals surface area contributed by atoms with Gasteiger partial charge in [-0.2, -0.15) is 0 Å². The fourth-order valence-electron chi connectivity index (χ4n) is 2.73. The molecule has 122 valence electrons. The zero-order valence-corrected chi connectivity index (χ0v) is 13.5. The van der Waals surface area contributed by atoms with Crippen LogP contribution in [0.5, 0.6) is 0 Å². The third kappa shape index (κ3) is 4.19. The first-order valence-corrected chi connectivity index (χ1v) is 8.09. The standard InChI is InChI=1S/C15H19ClN6O/c16-13-1-2-14(21-20-13)22-7-4-11(5-8-22)15(23)18-6-3-12-9-17-10-19-12/h1-2,9-11H,3-8H2,(H,17,19)(H,18,23). The summed E-state index contributed by atoms with van der Waals surface area (Å²) < 4.78 is 0. The fraction of sp³-hybridized carbons (Fsp3) is 0.467. The molecule has 2 aromatic heterocycles. The molecule has 3 heterocycles. The number of H-pyrrole nitrogens is 1. The van der Waals surface area contributed by atoms with E-state index in [2.05, 4.69) is 30.4 Å². The van der Waals surface area contributed by atoms with Gasteiger partial charge in [0.25, 0.3) is 0 Å². The zero-order valence-electron chi connectivity index (χ0n) is 12.7. The average Bonchev–Trinajstić information content (AvgIpc) is 3.09. The molecule has 3 rings (SSSR count). The van der Waals surface area contributed by atoms with Crippen molar-refractivity contribution in [1.82, 2.24) is 25.5 Å². The first kappa shape index (κ1) is 15.7. The van der Waals surface area contributed by atoms with E-state index in [4.69, 9.17) is 11.6 Å². The van der Waals surface area contributed by atoms with Gasteiger partial charge in [-0.1, -0.05) is 11.6 Å². The summed E-state index contributed by atoms with van der Waals surface area (Å²) >= 11 is 5.75. The van der Waals surface area contributed by atoms with E-state index < -0.39 is 0 Å². The second-order valence-electron chi connectivity index (χ2n) is 5.59. The van der Waals surface area contributed by atoms with E-state index >= 15 is 0 Å². The molecular formula is C15H19ClN6O. The SMILES string of the molecule is O=C(NCCc1cnc[nH]1)C1CCN(c2ccc(Cl)nn2)CC1. The van der Waals surface area contributed by atoms with Crippen molar-refractivity contribution in [2.24, 2.45) is 5.92 Å². The van der Waals surface area contributed by atoms with Gasteiger partial charge < -0.3 is 15.2 Å². The van der Waals surface area contributed by atoms with Crippen LogP contribution < -0.4 is 10.2 Å². The fourth-order valence-corrected chi connectivity index (χ4v) is 2.84. The number of aromatic amines is 1. The number of halogens is 1. The predicted molar refractivity (Wildman–Crippen MR) is 87.3 cm³/mol. The van der Waals surface area contributed by atoms with Crippen LogP contribution in [0.25, 0.3) is 0 Å². The van der Waals surface area contributed by atoms with Gasteiger partial charge in [0.2, 0.25) is 5.91 Å². The average molecular weight is 335 g/mol. The highest BCUT2D eigenvalue weighted by atomic mass is 35.5. The van der Waals surface area contributed by atoms with Crippen LogP contribution in [0.4, 0.5) is 5.82 Å². The highest BCUT2D eigenvalue weighted by molar-refractivity contribution is 6.29. The van der Waals surface area contributed by atoms with Crippen LogP contribution in [0, 0.1) is 5.92 Å². The maximum Gasteiger partial charge on any atom is 0.223 e. The van der Waals surface area contributed by atoms with Crippen molar-refractivity contribution in [3.05, 3.63) is 35.5 Å². The lowest BCUT2D eigenvalue weighted by molar-refractivity contribution is -0.125. The van der Waals surface area contributed by atoms with Crippen LogP contribution in [0.2, 0.25) is 5.15 Å². The Bertz CT molecular complexity index is 622. The normalized spacial score (nSPS) is 15.6. The molecule has 1 aliphatic rings. The molecular weight excluding hydrogens is 316 g/mol. The second kappa shape index (κ2) is 7.41. The number of nitrogens with one attached hydrogen (secondary N) is 2. The van der Waals surface area contributed by atoms with Gasteiger partial charge in [0.1, 0.15) is 0 Å². The highest BCUT2D eigenvalue weighted by Gasteiger charge is 2.25. The van der Waals surface area contributed by atoms with Gasteiger partial charge in [-0.05, 0) is 25.0 Å². The second-order valence-corrected chi connectivity index (χ2v) is 5.98. The molecule has 0 saturated carbocycles. The molecule has 1 amide bonds. The van der Waals surface area contributed by atoms with Crippen molar-refractivity contribution < 1.29 is 4.79 Å². The number of hydrogen-bond acceptors (Lipinski definition) is 5. The van der Waals surface area contributed by atoms with Gasteiger partial charge in [-0.25, -0.2) is 4.98 Å².